The number of carbonyl (C=O) groups excluding carboxylic acids is 1. The highest BCUT2D eigenvalue weighted by Gasteiger charge is 2.54. The van der Waals surface area contributed by atoms with Crippen LogP contribution in [0.3, 0.4) is 0 Å². The van der Waals surface area contributed by atoms with Crippen molar-refractivity contribution in [2.75, 3.05) is 6.54 Å². The predicted molar refractivity (Wildman–Crippen MR) is 38.5 cm³/mol. The molecular formula is C8H13NO. The Morgan fingerprint density at radius 2 is 2.40 bits per heavy atom. The van der Waals surface area contributed by atoms with Gasteiger partial charge in [-0.05, 0) is 18.8 Å². The van der Waals surface area contributed by atoms with Crippen molar-refractivity contribution in [1.29, 1.82) is 0 Å². The van der Waals surface area contributed by atoms with E-state index in [0.29, 0.717) is 5.91 Å². The summed E-state index contributed by atoms with van der Waals surface area (Å²) in [5, 5.41) is 2.81. The number of nitrogens with one attached hydrogen (secondary N) is 1. The van der Waals surface area contributed by atoms with Crippen LogP contribution in [0.25, 0.3) is 0 Å². The summed E-state index contributed by atoms with van der Waals surface area (Å²) in [5.74, 6) is 1.14. The fourth-order valence-corrected chi connectivity index (χ4v) is 2.07. The molecule has 1 heterocycles. The van der Waals surface area contributed by atoms with Gasteiger partial charge in [0, 0.05) is 6.54 Å². The molecule has 1 aliphatic carbocycles. The second-order valence-corrected chi connectivity index (χ2v) is 3.65. The van der Waals surface area contributed by atoms with Crippen LogP contribution in [0.5, 0.6) is 0 Å². The van der Waals surface area contributed by atoms with E-state index in [4.69, 9.17) is 0 Å². The highest BCUT2D eigenvalue weighted by Crippen LogP contribution is 2.50. The van der Waals surface area contributed by atoms with Gasteiger partial charge in [0.15, 0.2) is 0 Å². The van der Waals surface area contributed by atoms with Gasteiger partial charge in [-0.15, -0.1) is 0 Å². The number of hydrogen-bond acceptors (Lipinski definition) is 1. The maximum absolute atomic E-state index is 11.0. The third kappa shape index (κ3) is 0.568. The van der Waals surface area contributed by atoms with E-state index in [-0.39, 0.29) is 5.41 Å². The lowest BCUT2D eigenvalue weighted by molar-refractivity contribution is -0.151. The van der Waals surface area contributed by atoms with E-state index in [0.717, 1.165) is 25.3 Å². The van der Waals surface area contributed by atoms with Crippen molar-refractivity contribution in [2.45, 2.75) is 26.2 Å². The maximum Gasteiger partial charge on any atom is 0.228 e. The van der Waals surface area contributed by atoms with E-state index in [1.807, 2.05) is 0 Å². The zero-order valence-electron chi connectivity index (χ0n) is 6.31. The van der Waals surface area contributed by atoms with Crippen LogP contribution in [0.1, 0.15) is 26.2 Å². The SMILES string of the molecule is CCC1CC2(CNC2=O)C1. The first-order valence-corrected chi connectivity index (χ1v) is 4.05. The minimum atomic E-state index is 0.126. The lowest BCUT2D eigenvalue weighted by Gasteiger charge is -2.52. The smallest absolute Gasteiger partial charge is 0.228 e. The van der Waals surface area contributed by atoms with Crippen LogP contribution in [0.2, 0.25) is 0 Å². The van der Waals surface area contributed by atoms with Crippen molar-refractivity contribution < 1.29 is 4.79 Å². The topological polar surface area (TPSA) is 29.1 Å². The van der Waals surface area contributed by atoms with Crippen molar-refractivity contribution in [3.8, 4) is 0 Å². The molecule has 1 amide bonds. The molecule has 56 valence electrons. The summed E-state index contributed by atoms with van der Waals surface area (Å²) >= 11 is 0. The normalized spacial score (nSPS) is 44.1. The summed E-state index contributed by atoms with van der Waals surface area (Å²) < 4.78 is 0. The van der Waals surface area contributed by atoms with E-state index >= 15 is 0 Å². The van der Waals surface area contributed by atoms with E-state index in [1.165, 1.54) is 6.42 Å². The van der Waals surface area contributed by atoms with Crippen LogP contribution < -0.4 is 5.32 Å². The highest BCUT2D eigenvalue weighted by atomic mass is 16.2. The molecule has 1 saturated heterocycles. The first-order chi connectivity index (χ1) is 4.77. The van der Waals surface area contributed by atoms with Gasteiger partial charge in [0.25, 0.3) is 0 Å². The van der Waals surface area contributed by atoms with Crippen molar-refractivity contribution in [3.05, 3.63) is 0 Å². The number of hydrogen-bond donors (Lipinski definition) is 1. The summed E-state index contributed by atoms with van der Waals surface area (Å²) in [6.45, 7) is 3.15. The van der Waals surface area contributed by atoms with Crippen LogP contribution in [-0.4, -0.2) is 12.5 Å². The molecular weight excluding hydrogens is 126 g/mol. The minimum Gasteiger partial charge on any atom is -0.354 e. The Balaban J connectivity index is 1.94. The Hall–Kier alpha value is -0.530. The standard InChI is InChI=1S/C8H13NO/c1-2-6-3-8(4-6)5-9-7(8)10/h6H,2-5H2,1H3,(H,9,10). The van der Waals surface area contributed by atoms with Crippen molar-refractivity contribution in [1.82, 2.24) is 5.32 Å². The highest BCUT2D eigenvalue weighted by molar-refractivity contribution is 5.89. The molecule has 0 bridgehead atoms. The molecule has 0 aromatic heterocycles. The zero-order chi connectivity index (χ0) is 7.19. The minimum absolute atomic E-state index is 0.126. The van der Waals surface area contributed by atoms with Crippen LogP contribution in [-0.2, 0) is 4.79 Å². The molecule has 10 heavy (non-hydrogen) atoms. The molecule has 2 aliphatic rings. The third-order valence-electron chi connectivity index (χ3n) is 3.01. The third-order valence-corrected chi connectivity index (χ3v) is 3.01. The molecule has 2 nitrogen and oxygen atoms in total. The predicted octanol–water partition coefficient (Wildman–Crippen LogP) is 0.923. The van der Waals surface area contributed by atoms with Gasteiger partial charge in [0.2, 0.25) is 5.91 Å². The van der Waals surface area contributed by atoms with E-state index in [1.54, 1.807) is 0 Å². The van der Waals surface area contributed by atoms with Gasteiger partial charge in [-0.3, -0.25) is 4.79 Å². The summed E-state index contributed by atoms with van der Waals surface area (Å²) in [4.78, 5) is 11.0. The second-order valence-electron chi connectivity index (χ2n) is 3.65. The van der Waals surface area contributed by atoms with Crippen molar-refractivity contribution in [2.24, 2.45) is 11.3 Å². The van der Waals surface area contributed by atoms with Gasteiger partial charge >= 0.3 is 0 Å². The van der Waals surface area contributed by atoms with Gasteiger partial charge in [0.1, 0.15) is 0 Å². The molecule has 2 heteroatoms. The van der Waals surface area contributed by atoms with Crippen LogP contribution in [0.15, 0.2) is 0 Å². The molecule has 1 saturated carbocycles. The Labute approximate surface area is 61.0 Å². The molecule has 1 N–H and O–H groups in total. The summed E-state index contributed by atoms with van der Waals surface area (Å²) in [5.41, 5.74) is 0.126. The van der Waals surface area contributed by atoms with Crippen LogP contribution in [0.4, 0.5) is 0 Å². The Morgan fingerprint density at radius 3 is 2.70 bits per heavy atom. The Kier molecular flexibility index (Phi) is 1.08. The molecule has 1 aliphatic heterocycles. The maximum atomic E-state index is 11.0. The molecule has 0 unspecified atom stereocenters. The molecule has 2 rings (SSSR count). The van der Waals surface area contributed by atoms with Crippen LogP contribution in [0, 0.1) is 11.3 Å². The van der Waals surface area contributed by atoms with Crippen molar-refractivity contribution >= 4 is 5.91 Å². The van der Waals surface area contributed by atoms with E-state index < -0.39 is 0 Å². The fourth-order valence-electron chi connectivity index (χ4n) is 2.07. The van der Waals surface area contributed by atoms with Gasteiger partial charge in [0.05, 0.1) is 5.41 Å². The fraction of sp³-hybridized carbons (Fsp3) is 0.875. The number of rotatable bonds is 1. The van der Waals surface area contributed by atoms with Gasteiger partial charge in [-0.25, -0.2) is 0 Å². The Bertz CT molecular complexity index is 170. The molecule has 0 atom stereocenters. The molecule has 1 spiro atoms. The summed E-state index contributed by atoms with van der Waals surface area (Å²) in [6.07, 6.45) is 3.54. The van der Waals surface area contributed by atoms with Gasteiger partial charge < -0.3 is 5.32 Å². The van der Waals surface area contributed by atoms with Crippen LogP contribution >= 0.6 is 0 Å². The Morgan fingerprint density at radius 1 is 1.70 bits per heavy atom. The molecule has 0 radical (unpaired) electrons. The van der Waals surface area contributed by atoms with E-state index in [9.17, 15) is 4.79 Å². The number of carbonyl (C=O) groups is 1. The van der Waals surface area contributed by atoms with Gasteiger partial charge in [-0.1, -0.05) is 13.3 Å². The van der Waals surface area contributed by atoms with Crippen molar-refractivity contribution in [3.63, 3.8) is 0 Å². The average Bonchev–Trinajstić information content (AvgIpc) is 1.83. The summed E-state index contributed by atoms with van der Waals surface area (Å²) in [7, 11) is 0. The molecule has 2 fully saturated rings. The first kappa shape index (κ1) is 6.20. The first-order valence-electron chi connectivity index (χ1n) is 4.05. The second kappa shape index (κ2) is 1.74. The monoisotopic (exact) mass is 139 g/mol. The summed E-state index contributed by atoms with van der Waals surface area (Å²) in [6, 6.07) is 0. The quantitative estimate of drug-likeness (QED) is 0.538. The zero-order valence-corrected chi connectivity index (χ0v) is 6.31. The number of β-lactam (4-membered cyclic amide) rings is 1. The number of amides is 1. The average molecular weight is 139 g/mol. The van der Waals surface area contributed by atoms with Gasteiger partial charge in [-0.2, -0.15) is 0 Å². The molecule has 0 aromatic carbocycles. The van der Waals surface area contributed by atoms with E-state index in [2.05, 4.69) is 12.2 Å². The largest absolute Gasteiger partial charge is 0.354 e. The molecule has 0 aromatic rings. The lowest BCUT2D eigenvalue weighted by Crippen LogP contribution is -2.64. The lowest BCUT2D eigenvalue weighted by atomic mass is 9.57.